The topological polar surface area (TPSA) is 88.7 Å². The van der Waals surface area contributed by atoms with Gasteiger partial charge in [-0.3, -0.25) is 9.59 Å². The largest absolute Gasteiger partial charge is 0.491 e. The molecule has 7 nitrogen and oxygen atoms in total. The first-order valence-corrected chi connectivity index (χ1v) is 11.0. The van der Waals surface area contributed by atoms with Gasteiger partial charge in [0.15, 0.2) is 0 Å². The Labute approximate surface area is 193 Å². The standard InChI is InChI=1S/C26H27N3O4/c30-25(28-22-11-5-12-23(16-22)33-18-24-13-6-14-32-24)17-27-20-9-4-10-21(15-20)29-26(31)19-7-2-1-3-8-19/h1-5,7-12,15-16,24,27H,6,13-14,17-18H2,(H,28,30)(H,29,31). The lowest BCUT2D eigenvalue weighted by Gasteiger charge is -2.13. The summed E-state index contributed by atoms with van der Waals surface area (Å²) in [6, 6.07) is 23.6. The van der Waals surface area contributed by atoms with Gasteiger partial charge >= 0.3 is 0 Å². The van der Waals surface area contributed by atoms with Gasteiger partial charge in [-0.1, -0.05) is 30.3 Å². The first-order chi connectivity index (χ1) is 16.2. The van der Waals surface area contributed by atoms with Crippen LogP contribution in [0.1, 0.15) is 23.2 Å². The summed E-state index contributed by atoms with van der Waals surface area (Å²) in [4.78, 5) is 24.7. The molecule has 3 aromatic rings. The Morgan fingerprint density at radius 3 is 2.42 bits per heavy atom. The van der Waals surface area contributed by atoms with Crippen LogP contribution >= 0.6 is 0 Å². The molecule has 0 spiro atoms. The molecule has 0 aliphatic carbocycles. The van der Waals surface area contributed by atoms with Gasteiger partial charge in [0.05, 0.1) is 12.6 Å². The molecule has 1 unspecified atom stereocenters. The molecule has 1 heterocycles. The van der Waals surface area contributed by atoms with Crippen LogP contribution in [0.25, 0.3) is 0 Å². The fourth-order valence-electron chi connectivity index (χ4n) is 3.52. The van der Waals surface area contributed by atoms with Crippen molar-refractivity contribution in [3.05, 3.63) is 84.4 Å². The Hall–Kier alpha value is -3.84. The summed E-state index contributed by atoms with van der Waals surface area (Å²) >= 11 is 0. The molecule has 0 bridgehead atoms. The molecule has 2 amide bonds. The highest BCUT2D eigenvalue weighted by Crippen LogP contribution is 2.20. The Kier molecular flexibility index (Phi) is 7.56. The van der Waals surface area contributed by atoms with Gasteiger partial charge in [0.1, 0.15) is 12.4 Å². The molecule has 170 valence electrons. The molecule has 1 fully saturated rings. The highest BCUT2D eigenvalue weighted by atomic mass is 16.5. The van der Waals surface area contributed by atoms with Crippen molar-refractivity contribution in [1.82, 2.24) is 0 Å². The molecule has 1 aliphatic rings. The van der Waals surface area contributed by atoms with Crippen LogP contribution in [-0.2, 0) is 9.53 Å². The van der Waals surface area contributed by atoms with Crippen LogP contribution in [0.15, 0.2) is 78.9 Å². The molecule has 0 aromatic heterocycles. The third-order valence-corrected chi connectivity index (χ3v) is 5.19. The lowest BCUT2D eigenvalue weighted by molar-refractivity contribution is -0.114. The third kappa shape index (κ3) is 6.82. The molecular weight excluding hydrogens is 418 g/mol. The van der Waals surface area contributed by atoms with Gasteiger partial charge in [0, 0.05) is 35.3 Å². The van der Waals surface area contributed by atoms with Crippen LogP contribution in [0.3, 0.4) is 0 Å². The van der Waals surface area contributed by atoms with Crippen molar-refractivity contribution in [3.8, 4) is 5.75 Å². The lowest BCUT2D eigenvalue weighted by Crippen LogP contribution is -2.22. The Bertz CT molecular complexity index is 1080. The number of benzene rings is 3. The Balaban J connectivity index is 1.26. The van der Waals surface area contributed by atoms with Crippen molar-refractivity contribution in [3.63, 3.8) is 0 Å². The Morgan fingerprint density at radius 2 is 1.64 bits per heavy atom. The number of hydrogen-bond donors (Lipinski definition) is 3. The Morgan fingerprint density at radius 1 is 0.879 bits per heavy atom. The van der Waals surface area contributed by atoms with Crippen molar-refractivity contribution < 1.29 is 19.1 Å². The van der Waals surface area contributed by atoms with E-state index in [-0.39, 0.29) is 24.5 Å². The smallest absolute Gasteiger partial charge is 0.255 e. The minimum atomic E-state index is -0.190. The molecule has 0 saturated carbocycles. The van der Waals surface area contributed by atoms with Crippen molar-refractivity contribution in [1.29, 1.82) is 0 Å². The molecule has 4 rings (SSSR count). The number of hydrogen-bond acceptors (Lipinski definition) is 5. The molecule has 1 saturated heterocycles. The number of rotatable bonds is 9. The molecule has 7 heteroatoms. The van der Waals surface area contributed by atoms with Gasteiger partial charge in [-0.05, 0) is 55.3 Å². The van der Waals surface area contributed by atoms with Crippen LogP contribution < -0.4 is 20.7 Å². The van der Waals surface area contributed by atoms with Crippen LogP contribution in [0.4, 0.5) is 17.1 Å². The second kappa shape index (κ2) is 11.2. The van der Waals surface area contributed by atoms with Gasteiger partial charge in [-0.25, -0.2) is 0 Å². The van der Waals surface area contributed by atoms with E-state index in [1.165, 1.54) is 0 Å². The zero-order valence-corrected chi connectivity index (χ0v) is 18.3. The van der Waals surface area contributed by atoms with E-state index >= 15 is 0 Å². The zero-order chi connectivity index (χ0) is 22.9. The number of amides is 2. The van der Waals surface area contributed by atoms with Crippen molar-refractivity contribution in [2.45, 2.75) is 18.9 Å². The maximum Gasteiger partial charge on any atom is 0.255 e. The van der Waals surface area contributed by atoms with Crippen molar-refractivity contribution >= 4 is 28.9 Å². The number of nitrogens with one attached hydrogen (secondary N) is 3. The van der Waals surface area contributed by atoms with E-state index in [9.17, 15) is 9.59 Å². The predicted molar refractivity (Wildman–Crippen MR) is 129 cm³/mol. The monoisotopic (exact) mass is 445 g/mol. The van der Waals surface area contributed by atoms with Crippen molar-refractivity contribution in [2.75, 3.05) is 35.7 Å². The van der Waals surface area contributed by atoms with Gasteiger partial charge in [0.2, 0.25) is 5.91 Å². The minimum Gasteiger partial charge on any atom is -0.491 e. The number of carbonyl (C=O) groups excluding carboxylic acids is 2. The van der Waals surface area contributed by atoms with Gasteiger partial charge in [-0.15, -0.1) is 0 Å². The van der Waals surface area contributed by atoms with E-state index in [0.29, 0.717) is 29.3 Å². The van der Waals surface area contributed by atoms with E-state index in [1.807, 2.05) is 48.5 Å². The number of anilines is 3. The van der Waals surface area contributed by atoms with E-state index in [0.717, 1.165) is 25.1 Å². The highest BCUT2D eigenvalue weighted by molar-refractivity contribution is 6.04. The van der Waals surface area contributed by atoms with E-state index in [4.69, 9.17) is 9.47 Å². The summed E-state index contributed by atoms with van der Waals surface area (Å²) < 4.78 is 11.4. The summed E-state index contributed by atoms with van der Waals surface area (Å²) in [5.41, 5.74) is 2.61. The predicted octanol–water partition coefficient (Wildman–Crippen LogP) is 4.55. The van der Waals surface area contributed by atoms with E-state index < -0.39 is 0 Å². The average molecular weight is 446 g/mol. The maximum absolute atomic E-state index is 12.4. The summed E-state index contributed by atoms with van der Waals surface area (Å²) in [7, 11) is 0. The van der Waals surface area contributed by atoms with Crippen LogP contribution in [-0.4, -0.2) is 37.7 Å². The molecule has 0 radical (unpaired) electrons. The molecule has 33 heavy (non-hydrogen) atoms. The molecular formula is C26H27N3O4. The second-order valence-corrected chi connectivity index (χ2v) is 7.78. The minimum absolute atomic E-state index is 0.0804. The molecule has 3 aromatic carbocycles. The summed E-state index contributed by atoms with van der Waals surface area (Å²) in [6.07, 6.45) is 2.22. The molecule has 1 atom stereocenters. The van der Waals surface area contributed by atoms with Gasteiger partial charge in [0.25, 0.3) is 5.91 Å². The van der Waals surface area contributed by atoms with Crippen LogP contribution in [0.2, 0.25) is 0 Å². The SMILES string of the molecule is O=C(CNc1cccc(NC(=O)c2ccccc2)c1)Nc1cccc(OCC2CCCO2)c1. The van der Waals surface area contributed by atoms with Crippen molar-refractivity contribution in [2.24, 2.45) is 0 Å². The molecule has 1 aliphatic heterocycles. The second-order valence-electron chi connectivity index (χ2n) is 7.78. The molecule has 3 N–H and O–H groups in total. The van der Waals surface area contributed by atoms with Crippen LogP contribution in [0, 0.1) is 0 Å². The average Bonchev–Trinajstić information content (AvgIpc) is 3.36. The van der Waals surface area contributed by atoms with Gasteiger partial charge < -0.3 is 25.4 Å². The third-order valence-electron chi connectivity index (χ3n) is 5.19. The van der Waals surface area contributed by atoms with E-state index in [1.54, 1.807) is 30.3 Å². The van der Waals surface area contributed by atoms with Crippen LogP contribution in [0.5, 0.6) is 5.75 Å². The first-order valence-electron chi connectivity index (χ1n) is 11.0. The lowest BCUT2D eigenvalue weighted by atomic mass is 10.2. The van der Waals surface area contributed by atoms with Gasteiger partial charge in [-0.2, -0.15) is 0 Å². The fraction of sp³-hybridized carbons (Fsp3) is 0.231. The normalized spacial score (nSPS) is 15.0. The number of carbonyl (C=O) groups is 2. The summed E-state index contributed by atoms with van der Waals surface area (Å²) in [5, 5.41) is 8.81. The fourth-order valence-corrected chi connectivity index (χ4v) is 3.52. The number of ether oxygens (including phenoxy) is 2. The summed E-state index contributed by atoms with van der Waals surface area (Å²) in [6.45, 7) is 1.38. The maximum atomic E-state index is 12.4. The highest BCUT2D eigenvalue weighted by Gasteiger charge is 2.16. The summed E-state index contributed by atoms with van der Waals surface area (Å²) in [5.74, 6) is 0.315. The zero-order valence-electron chi connectivity index (χ0n) is 18.3. The quantitative estimate of drug-likeness (QED) is 0.450. The first kappa shape index (κ1) is 22.4. The van der Waals surface area contributed by atoms with E-state index in [2.05, 4.69) is 16.0 Å².